The molecule has 0 atom stereocenters. The summed E-state index contributed by atoms with van der Waals surface area (Å²) in [5.74, 6) is 0. The molecule has 0 saturated carbocycles. The summed E-state index contributed by atoms with van der Waals surface area (Å²) in [6, 6.07) is 0. The Labute approximate surface area is 113 Å². The maximum Gasteiger partial charge on any atom is 0.480 e. The molecule has 0 bridgehead atoms. The molecule has 0 aromatic carbocycles. The quantitative estimate of drug-likeness (QED) is 0.431. The summed E-state index contributed by atoms with van der Waals surface area (Å²) in [4.78, 5) is 9.55. The second kappa shape index (κ2) is 10.7. The molecule has 0 aliphatic carbocycles. The SMILES string of the molecule is CCOC(OCC)OP(=O)(O)OC(OCC)OCC. The highest BCUT2D eigenvalue weighted by molar-refractivity contribution is 7.47. The van der Waals surface area contributed by atoms with E-state index in [9.17, 15) is 9.46 Å². The zero-order valence-electron chi connectivity index (χ0n) is 11.7. The first-order valence-electron chi connectivity index (χ1n) is 6.15. The summed E-state index contributed by atoms with van der Waals surface area (Å²) < 4.78 is 41.1. The molecule has 0 aromatic heterocycles. The van der Waals surface area contributed by atoms with Crippen molar-refractivity contribution >= 4 is 7.82 Å². The summed E-state index contributed by atoms with van der Waals surface area (Å²) in [6.07, 6.45) is 0. The fraction of sp³-hybridized carbons (Fsp3) is 1.00. The summed E-state index contributed by atoms with van der Waals surface area (Å²) >= 11 is 0. The van der Waals surface area contributed by atoms with Gasteiger partial charge in [-0.15, -0.1) is 0 Å². The standard InChI is InChI=1S/C10H23O8P/c1-5-13-9(14-6-2)17-19(11,12)18-10(15-7-3)16-8-4/h9-10H,5-8H2,1-4H3,(H,11,12). The Kier molecular flexibility index (Phi) is 10.7. The molecular weight excluding hydrogens is 279 g/mol. The molecule has 9 heteroatoms. The Hall–Kier alpha value is -0.0500. The lowest BCUT2D eigenvalue weighted by Gasteiger charge is -2.23. The highest BCUT2D eigenvalue weighted by Gasteiger charge is 2.32. The van der Waals surface area contributed by atoms with Crippen molar-refractivity contribution in [2.75, 3.05) is 26.4 Å². The topological polar surface area (TPSA) is 92.7 Å². The summed E-state index contributed by atoms with van der Waals surface area (Å²) in [5, 5.41) is 0. The van der Waals surface area contributed by atoms with Gasteiger partial charge in [0.2, 0.25) is 0 Å². The first-order chi connectivity index (χ1) is 8.99. The average Bonchev–Trinajstić information content (AvgIpc) is 2.29. The van der Waals surface area contributed by atoms with Gasteiger partial charge in [-0.2, -0.15) is 0 Å². The van der Waals surface area contributed by atoms with Gasteiger partial charge in [0.1, 0.15) is 0 Å². The van der Waals surface area contributed by atoms with Gasteiger partial charge in [-0.05, 0) is 27.7 Å². The number of hydrogen-bond donors (Lipinski definition) is 1. The van der Waals surface area contributed by atoms with Crippen LogP contribution in [0.4, 0.5) is 0 Å². The van der Waals surface area contributed by atoms with E-state index in [1.165, 1.54) is 0 Å². The molecule has 0 saturated heterocycles. The van der Waals surface area contributed by atoms with E-state index in [1.807, 2.05) is 0 Å². The van der Waals surface area contributed by atoms with Gasteiger partial charge in [0, 0.05) is 26.4 Å². The van der Waals surface area contributed by atoms with Crippen LogP contribution in [-0.4, -0.2) is 44.3 Å². The molecule has 0 unspecified atom stereocenters. The monoisotopic (exact) mass is 302 g/mol. The molecule has 0 aromatic rings. The van der Waals surface area contributed by atoms with E-state index in [-0.39, 0.29) is 26.4 Å². The summed E-state index contributed by atoms with van der Waals surface area (Å²) in [6.45, 7) is 5.24. The lowest BCUT2D eigenvalue weighted by molar-refractivity contribution is -0.275. The fourth-order valence-corrected chi connectivity index (χ4v) is 1.73. The Bertz CT molecular complexity index is 228. The molecule has 0 heterocycles. The van der Waals surface area contributed by atoms with Gasteiger partial charge in [0.15, 0.2) is 0 Å². The Morgan fingerprint density at radius 3 is 1.26 bits per heavy atom. The largest absolute Gasteiger partial charge is 0.480 e. The van der Waals surface area contributed by atoms with Gasteiger partial charge in [0.05, 0.1) is 0 Å². The van der Waals surface area contributed by atoms with Crippen molar-refractivity contribution in [3.8, 4) is 0 Å². The molecule has 0 aliphatic heterocycles. The van der Waals surface area contributed by atoms with E-state index in [1.54, 1.807) is 27.7 Å². The highest BCUT2D eigenvalue weighted by atomic mass is 31.2. The number of rotatable bonds is 12. The van der Waals surface area contributed by atoms with E-state index in [4.69, 9.17) is 28.0 Å². The van der Waals surface area contributed by atoms with Gasteiger partial charge >= 0.3 is 7.82 Å². The third-order valence-electron chi connectivity index (χ3n) is 1.65. The first kappa shape index (κ1) is 18.9. The first-order valence-corrected chi connectivity index (χ1v) is 7.64. The van der Waals surface area contributed by atoms with Crippen LogP contribution in [0.5, 0.6) is 0 Å². The molecular formula is C10H23O8P. The lowest BCUT2D eigenvalue weighted by Crippen LogP contribution is -2.24. The van der Waals surface area contributed by atoms with Crippen molar-refractivity contribution in [3.63, 3.8) is 0 Å². The molecule has 1 N–H and O–H groups in total. The van der Waals surface area contributed by atoms with E-state index >= 15 is 0 Å². The van der Waals surface area contributed by atoms with E-state index < -0.39 is 20.8 Å². The molecule has 0 aliphatic rings. The average molecular weight is 302 g/mol. The van der Waals surface area contributed by atoms with Crippen molar-refractivity contribution in [1.82, 2.24) is 0 Å². The summed E-state index contributed by atoms with van der Waals surface area (Å²) in [7, 11) is -4.42. The second-order valence-electron chi connectivity index (χ2n) is 3.08. The van der Waals surface area contributed by atoms with Crippen LogP contribution in [0.3, 0.4) is 0 Å². The minimum atomic E-state index is -4.42. The molecule has 0 rings (SSSR count). The zero-order chi connectivity index (χ0) is 14.7. The van der Waals surface area contributed by atoms with Crippen LogP contribution in [-0.2, 0) is 32.6 Å². The van der Waals surface area contributed by atoms with Gasteiger partial charge in [-0.1, -0.05) is 0 Å². The van der Waals surface area contributed by atoms with Crippen molar-refractivity contribution in [3.05, 3.63) is 0 Å². The van der Waals surface area contributed by atoms with Crippen molar-refractivity contribution in [2.45, 2.75) is 40.6 Å². The van der Waals surface area contributed by atoms with Gasteiger partial charge in [-0.25, -0.2) is 13.6 Å². The van der Waals surface area contributed by atoms with Gasteiger partial charge in [0.25, 0.3) is 13.0 Å². The maximum absolute atomic E-state index is 11.7. The van der Waals surface area contributed by atoms with Gasteiger partial charge < -0.3 is 23.8 Å². The van der Waals surface area contributed by atoms with E-state index in [2.05, 4.69) is 0 Å². The fourth-order valence-electron chi connectivity index (χ4n) is 1.00. The van der Waals surface area contributed by atoms with Crippen LogP contribution in [0.15, 0.2) is 0 Å². The smallest absolute Gasteiger partial charge is 0.330 e. The van der Waals surface area contributed by atoms with E-state index in [0.717, 1.165) is 0 Å². The van der Waals surface area contributed by atoms with Crippen LogP contribution in [0, 0.1) is 0 Å². The van der Waals surface area contributed by atoms with Crippen molar-refractivity contribution in [2.24, 2.45) is 0 Å². The minimum absolute atomic E-state index is 0.255. The molecule has 0 radical (unpaired) electrons. The molecule has 19 heavy (non-hydrogen) atoms. The van der Waals surface area contributed by atoms with E-state index in [0.29, 0.717) is 0 Å². The number of ether oxygens (including phenoxy) is 4. The third-order valence-corrected chi connectivity index (χ3v) is 2.53. The normalized spacial score (nSPS) is 12.6. The molecule has 0 spiro atoms. The Morgan fingerprint density at radius 2 is 1.05 bits per heavy atom. The zero-order valence-corrected chi connectivity index (χ0v) is 12.6. The Morgan fingerprint density at radius 1 is 0.789 bits per heavy atom. The number of phosphoric acid groups is 1. The molecule has 8 nitrogen and oxygen atoms in total. The van der Waals surface area contributed by atoms with Crippen LogP contribution in [0.1, 0.15) is 27.7 Å². The van der Waals surface area contributed by atoms with Crippen LogP contribution in [0.25, 0.3) is 0 Å². The lowest BCUT2D eigenvalue weighted by atomic mass is 10.8. The van der Waals surface area contributed by atoms with Crippen molar-refractivity contribution < 1.29 is 37.5 Å². The predicted octanol–water partition coefficient (Wildman–Crippen LogP) is 1.83. The predicted molar refractivity (Wildman–Crippen MR) is 66.1 cm³/mol. The summed E-state index contributed by atoms with van der Waals surface area (Å²) in [5.41, 5.74) is 0. The minimum Gasteiger partial charge on any atom is -0.330 e. The highest BCUT2D eigenvalue weighted by Crippen LogP contribution is 2.46. The van der Waals surface area contributed by atoms with Crippen molar-refractivity contribution in [1.29, 1.82) is 0 Å². The van der Waals surface area contributed by atoms with Crippen LogP contribution in [0.2, 0.25) is 0 Å². The second-order valence-corrected chi connectivity index (χ2v) is 4.44. The number of phosphoric ester groups is 1. The van der Waals surface area contributed by atoms with Gasteiger partial charge in [-0.3, -0.25) is 0 Å². The maximum atomic E-state index is 11.7. The van der Waals surface area contributed by atoms with Crippen LogP contribution < -0.4 is 0 Å². The van der Waals surface area contributed by atoms with Crippen LogP contribution >= 0.6 is 7.82 Å². The molecule has 0 fully saturated rings. The molecule has 0 amide bonds. The number of hydrogen-bond acceptors (Lipinski definition) is 7. The third kappa shape index (κ3) is 9.48. The molecule has 116 valence electrons. The Balaban J connectivity index is 4.42.